The fourth-order valence-electron chi connectivity index (χ4n) is 6.28. The van der Waals surface area contributed by atoms with E-state index >= 15 is 0 Å². The summed E-state index contributed by atoms with van der Waals surface area (Å²) >= 11 is 0. The van der Waals surface area contributed by atoms with Crippen molar-refractivity contribution < 1.29 is 29.0 Å². The highest BCUT2D eigenvalue weighted by atomic mass is 16.5. The summed E-state index contributed by atoms with van der Waals surface area (Å²) < 4.78 is 10.3. The Bertz CT molecular complexity index is 1260. The van der Waals surface area contributed by atoms with Crippen LogP contribution in [0.15, 0.2) is 54.6 Å². The van der Waals surface area contributed by atoms with Gasteiger partial charge in [-0.25, -0.2) is 0 Å². The first-order valence-electron chi connectivity index (χ1n) is 16.5. The summed E-state index contributed by atoms with van der Waals surface area (Å²) in [4.78, 5) is 42.8. The Hall–Kier alpha value is -3.47. The summed E-state index contributed by atoms with van der Waals surface area (Å²) in [7, 11) is 3.07. The number of amides is 3. The number of nitrogens with zero attached hydrogens (tertiary/aromatic N) is 1. The quantitative estimate of drug-likeness (QED) is 0.186. The molecule has 10 heteroatoms. The van der Waals surface area contributed by atoms with Gasteiger partial charge in [-0.15, -0.1) is 0 Å². The number of hydrogen-bond donors (Lipinski definition) is 4. The van der Waals surface area contributed by atoms with E-state index in [0.29, 0.717) is 45.2 Å². The van der Waals surface area contributed by atoms with Gasteiger partial charge in [0.05, 0.1) is 19.3 Å². The third-order valence-corrected chi connectivity index (χ3v) is 9.04. The minimum absolute atomic E-state index is 0.144. The van der Waals surface area contributed by atoms with Gasteiger partial charge in [-0.1, -0.05) is 76.6 Å². The lowest BCUT2D eigenvalue weighted by atomic mass is 9.81. The van der Waals surface area contributed by atoms with Crippen LogP contribution in [0.3, 0.4) is 0 Å². The van der Waals surface area contributed by atoms with Gasteiger partial charge in [-0.05, 0) is 60.8 Å². The number of aryl methyl sites for hydroxylation is 1. The summed E-state index contributed by atoms with van der Waals surface area (Å²) in [5.74, 6) is -0.0768. The molecule has 0 aliphatic carbocycles. The number of hydrogen-bond acceptors (Lipinski definition) is 7. The van der Waals surface area contributed by atoms with Crippen LogP contribution in [0.1, 0.15) is 64.5 Å². The highest BCUT2D eigenvalue weighted by molar-refractivity contribution is 5.97. The van der Waals surface area contributed by atoms with E-state index in [1.54, 1.807) is 12.0 Å². The van der Waals surface area contributed by atoms with E-state index in [2.05, 4.69) is 29.8 Å². The van der Waals surface area contributed by atoms with Gasteiger partial charge in [0, 0.05) is 26.7 Å². The molecule has 3 amide bonds. The van der Waals surface area contributed by atoms with E-state index < -0.39 is 23.7 Å². The maximum atomic E-state index is 14.3. The zero-order chi connectivity index (χ0) is 33.7. The van der Waals surface area contributed by atoms with Crippen LogP contribution in [0.25, 0.3) is 0 Å². The molecule has 3 rings (SSSR count). The second-order valence-corrected chi connectivity index (χ2v) is 12.8. The lowest BCUT2D eigenvalue weighted by molar-refractivity contribution is -0.145. The highest BCUT2D eigenvalue weighted by Gasteiger charge is 2.53. The number of nitrogens with one attached hydrogen (secondary N) is 3. The molecule has 0 spiro atoms. The molecule has 1 unspecified atom stereocenters. The first-order valence-corrected chi connectivity index (χ1v) is 16.5. The van der Waals surface area contributed by atoms with Gasteiger partial charge in [-0.2, -0.15) is 0 Å². The van der Waals surface area contributed by atoms with Gasteiger partial charge < -0.3 is 35.4 Å². The maximum absolute atomic E-state index is 14.3. The second-order valence-electron chi connectivity index (χ2n) is 12.8. The molecule has 0 bridgehead atoms. The first kappa shape index (κ1) is 37.0. The van der Waals surface area contributed by atoms with Gasteiger partial charge in [0.2, 0.25) is 17.7 Å². The fraction of sp³-hybridized carbons (Fsp3) is 0.583. The van der Waals surface area contributed by atoms with Crippen molar-refractivity contribution in [1.82, 2.24) is 20.9 Å². The molecule has 1 aliphatic heterocycles. The van der Waals surface area contributed by atoms with Crippen LogP contribution < -0.4 is 20.7 Å². The van der Waals surface area contributed by atoms with E-state index in [1.165, 1.54) is 7.11 Å². The monoisotopic (exact) mass is 638 g/mol. The normalized spacial score (nSPS) is 19.0. The predicted octanol–water partition coefficient (Wildman–Crippen LogP) is 3.46. The molecule has 0 saturated carbocycles. The molecule has 1 heterocycles. The van der Waals surface area contributed by atoms with Crippen molar-refractivity contribution in [1.29, 1.82) is 0 Å². The highest BCUT2D eigenvalue weighted by Crippen LogP contribution is 2.34. The number of methoxy groups -OCH3 is 2. The Morgan fingerprint density at radius 1 is 1.04 bits per heavy atom. The molecule has 2 aromatic carbocycles. The van der Waals surface area contributed by atoms with Gasteiger partial charge >= 0.3 is 0 Å². The molecule has 10 nitrogen and oxygen atoms in total. The fourth-order valence-corrected chi connectivity index (χ4v) is 6.28. The average Bonchev–Trinajstić information content (AvgIpc) is 3.36. The van der Waals surface area contributed by atoms with E-state index in [4.69, 9.17) is 9.47 Å². The number of carbonyl (C=O) groups excluding carboxylic acids is 3. The molecule has 1 fully saturated rings. The third-order valence-electron chi connectivity index (χ3n) is 9.04. The molecule has 1 saturated heterocycles. The van der Waals surface area contributed by atoms with Crippen LogP contribution in [0.5, 0.6) is 5.75 Å². The number of aliphatic hydroxyl groups is 1. The Morgan fingerprint density at radius 2 is 1.76 bits per heavy atom. The number of ether oxygens (including phenoxy) is 2. The van der Waals surface area contributed by atoms with Gasteiger partial charge in [-0.3, -0.25) is 14.4 Å². The molecular formula is C36H54N4O6. The molecule has 1 aliphatic rings. The SMILES string of the molecule is CC[C@H](C)[C@@]1(NC(=O)COC)CCN(C(CCc2ccccc2)C(=O)N[C@@H](CC(C)C)[C@H](O)CNCc2cccc(OC)c2)C1=O. The van der Waals surface area contributed by atoms with Crippen LogP contribution in [0, 0.1) is 11.8 Å². The molecule has 0 radical (unpaired) electrons. The Labute approximate surface area is 274 Å². The van der Waals surface area contributed by atoms with Crippen LogP contribution in [-0.4, -0.2) is 85.4 Å². The van der Waals surface area contributed by atoms with Crippen molar-refractivity contribution in [3.63, 3.8) is 0 Å². The zero-order valence-corrected chi connectivity index (χ0v) is 28.4. The van der Waals surface area contributed by atoms with Crippen molar-refractivity contribution in [3.8, 4) is 5.75 Å². The van der Waals surface area contributed by atoms with E-state index in [0.717, 1.165) is 16.9 Å². The van der Waals surface area contributed by atoms with Gasteiger partial charge in [0.25, 0.3) is 0 Å². The molecule has 254 valence electrons. The minimum atomic E-state index is -1.11. The third kappa shape index (κ3) is 10.0. The Morgan fingerprint density at radius 3 is 2.41 bits per heavy atom. The molecule has 2 aromatic rings. The topological polar surface area (TPSA) is 129 Å². The summed E-state index contributed by atoms with van der Waals surface area (Å²) in [5, 5.41) is 20.7. The minimum Gasteiger partial charge on any atom is -0.497 e. The maximum Gasteiger partial charge on any atom is 0.249 e. The molecule has 0 aromatic heterocycles. The zero-order valence-electron chi connectivity index (χ0n) is 28.4. The van der Waals surface area contributed by atoms with E-state index in [-0.39, 0.29) is 42.7 Å². The lowest BCUT2D eigenvalue weighted by Gasteiger charge is -2.36. The molecule has 46 heavy (non-hydrogen) atoms. The summed E-state index contributed by atoms with van der Waals surface area (Å²) in [6.45, 7) is 9.05. The standard InChI is InChI=1S/C36H54N4O6/c1-7-26(4)36(39-33(42)24-45-5)18-19-40(35(36)44)31(17-16-27-12-9-8-10-13-27)34(43)38-30(20-25(2)3)32(41)23-37-22-28-14-11-15-29(21-28)46-6/h8-15,21,25-26,30-32,37,41H,7,16-20,22-24H2,1-6H3,(H,38,43)(H,39,42)/t26-,30-,31?,32+,36-/m0/s1. The summed E-state index contributed by atoms with van der Waals surface area (Å²) in [5.41, 5.74) is 0.970. The van der Waals surface area contributed by atoms with Gasteiger partial charge in [0.15, 0.2) is 0 Å². The Balaban J connectivity index is 1.81. The number of aliphatic hydroxyl groups excluding tert-OH is 1. The summed E-state index contributed by atoms with van der Waals surface area (Å²) in [6, 6.07) is 16.3. The number of benzene rings is 2. The van der Waals surface area contributed by atoms with Crippen molar-refractivity contribution in [2.45, 2.75) is 90.1 Å². The Kier molecular flexibility index (Phi) is 14.5. The largest absolute Gasteiger partial charge is 0.497 e. The van der Waals surface area contributed by atoms with Crippen LogP contribution in [0.2, 0.25) is 0 Å². The second kappa shape index (κ2) is 18.0. The average molecular weight is 639 g/mol. The van der Waals surface area contributed by atoms with Crippen molar-refractivity contribution in [3.05, 3.63) is 65.7 Å². The van der Waals surface area contributed by atoms with Crippen LogP contribution >= 0.6 is 0 Å². The molecule has 4 N–H and O–H groups in total. The van der Waals surface area contributed by atoms with Gasteiger partial charge in [0.1, 0.15) is 23.9 Å². The van der Waals surface area contributed by atoms with Crippen molar-refractivity contribution >= 4 is 17.7 Å². The van der Waals surface area contributed by atoms with E-state index in [1.807, 2.05) is 68.4 Å². The lowest BCUT2D eigenvalue weighted by Crippen LogP contribution is -2.61. The summed E-state index contributed by atoms with van der Waals surface area (Å²) in [6.07, 6.45) is 1.79. The smallest absolute Gasteiger partial charge is 0.249 e. The first-order chi connectivity index (χ1) is 22.0. The molecular weight excluding hydrogens is 584 g/mol. The number of likely N-dealkylation sites (tertiary alicyclic amines) is 1. The van der Waals surface area contributed by atoms with Crippen molar-refractivity contribution in [2.24, 2.45) is 11.8 Å². The predicted molar refractivity (Wildman–Crippen MR) is 179 cm³/mol. The van der Waals surface area contributed by atoms with Crippen molar-refractivity contribution in [2.75, 3.05) is 33.9 Å². The van der Waals surface area contributed by atoms with Crippen LogP contribution in [-0.2, 0) is 32.1 Å². The molecule has 5 atom stereocenters. The number of rotatable bonds is 19. The number of carbonyl (C=O) groups is 3. The van der Waals surface area contributed by atoms with Crippen LogP contribution in [0.4, 0.5) is 0 Å². The van der Waals surface area contributed by atoms with E-state index in [9.17, 15) is 19.5 Å².